The zero-order chi connectivity index (χ0) is 9.68. The predicted octanol–water partition coefficient (Wildman–Crippen LogP) is 0.296. The molecule has 0 aliphatic carbocycles. The number of nitrogen functional groups attached to an aromatic ring is 1. The van der Waals surface area contributed by atoms with Crippen molar-refractivity contribution in [3.63, 3.8) is 0 Å². The summed E-state index contributed by atoms with van der Waals surface area (Å²) in [5.74, 6) is 0.00204. The van der Waals surface area contributed by atoms with E-state index in [-0.39, 0.29) is 0 Å². The second kappa shape index (κ2) is 4.41. The molecule has 0 radical (unpaired) electrons. The number of hydrogen-bond donors (Lipinski definition) is 2. The van der Waals surface area contributed by atoms with E-state index in [1.807, 2.05) is 0 Å². The summed E-state index contributed by atoms with van der Waals surface area (Å²) in [6.07, 6.45) is 1.01. The topological polar surface area (TPSA) is 89.6 Å². The highest BCUT2D eigenvalue weighted by atomic mass is 32.1. The minimum atomic E-state index is -0.410. The van der Waals surface area contributed by atoms with E-state index in [4.69, 9.17) is 5.73 Å². The number of amides is 1. The Morgan fingerprint density at radius 2 is 2.69 bits per heavy atom. The summed E-state index contributed by atoms with van der Waals surface area (Å²) >= 11 is 1.25. The molecule has 0 spiro atoms. The molecule has 0 fully saturated rings. The Hall–Kier alpha value is -1.63. The first-order valence-corrected chi connectivity index (χ1v) is 4.19. The lowest BCUT2D eigenvalue weighted by molar-refractivity contribution is -0.110. The van der Waals surface area contributed by atoms with Crippen molar-refractivity contribution in [2.24, 2.45) is 5.16 Å². The highest BCUT2D eigenvalue weighted by molar-refractivity contribution is 7.13. The van der Waals surface area contributed by atoms with Gasteiger partial charge in [-0.05, 0) is 0 Å². The number of nitrogens with two attached hydrogens (primary N) is 1. The first kappa shape index (κ1) is 9.46. The summed E-state index contributed by atoms with van der Waals surface area (Å²) in [6.45, 7) is 0. The Labute approximate surface area is 78.4 Å². The molecule has 0 unspecified atom stereocenters. The molecular weight excluding hydrogens is 192 g/mol. The summed E-state index contributed by atoms with van der Waals surface area (Å²) in [5, 5.41) is 7.77. The van der Waals surface area contributed by atoms with Crippen LogP contribution in [-0.4, -0.2) is 24.2 Å². The second-order valence-corrected chi connectivity index (χ2v) is 2.87. The number of thiazole rings is 1. The average molecular weight is 200 g/mol. The van der Waals surface area contributed by atoms with Crippen molar-refractivity contribution in [1.29, 1.82) is 0 Å². The van der Waals surface area contributed by atoms with Gasteiger partial charge in [0.15, 0.2) is 5.13 Å². The van der Waals surface area contributed by atoms with Crippen molar-refractivity contribution in [2.45, 2.75) is 0 Å². The highest BCUT2D eigenvalue weighted by Crippen LogP contribution is 2.14. The lowest BCUT2D eigenvalue weighted by Gasteiger charge is -1.93. The van der Waals surface area contributed by atoms with Gasteiger partial charge in [-0.3, -0.25) is 4.79 Å². The maximum Gasteiger partial charge on any atom is 0.271 e. The minimum Gasteiger partial charge on any atom is -0.399 e. The Balaban J connectivity index is 2.50. The first-order valence-electron chi connectivity index (χ1n) is 3.31. The van der Waals surface area contributed by atoms with Gasteiger partial charge >= 0.3 is 0 Å². The number of hydrogen-bond acceptors (Lipinski definition) is 6. The average Bonchev–Trinajstić information content (AvgIpc) is 2.48. The quantitative estimate of drug-likeness (QED) is 0.542. The van der Waals surface area contributed by atoms with Gasteiger partial charge in [0.05, 0.1) is 0 Å². The summed E-state index contributed by atoms with van der Waals surface area (Å²) < 4.78 is 0. The number of nitrogens with one attached hydrogen (secondary N) is 1. The van der Waals surface area contributed by atoms with Crippen LogP contribution in [0.25, 0.3) is 0 Å². The Morgan fingerprint density at radius 3 is 3.23 bits per heavy atom. The molecule has 0 aliphatic heterocycles. The largest absolute Gasteiger partial charge is 0.399 e. The predicted molar refractivity (Wildman–Crippen MR) is 50.7 cm³/mol. The molecule has 0 saturated carbocycles. The van der Waals surface area contributed by atoms with Gasteiger partial charge in [-0.15, -0.1) is 11.3 Å². The fraction of sp³-hybridized carbons (Fsp3) is 0.167. The molecule has 1 aromatic rings. The van der Waals surface area contributed by atoms with E-state index in [0.29, 0.717) is 10.9 Å². The van der Waals surface area contributed by atoms with E-state index >= 15 is 0 Å². The fourth-order valence-electron chi connectivity index (χ4n) is 0.604. The molecule has 7 heteroatoms. The first-order chi connectivity index (χ1) is 6.22. The second-order valence-electron chi connectivity index (χ2n) is 1.98. The van der Waals surface area contributed by atoms with Crippen LogP contribution in [0.4, 0.5) is 10.9 Å². The van der Waals surface area contributed by atoms with Gasteiger partial charge in [-0.2, -0.15) is 0 Å². The molecule has 1 heterocycles. The van der Waals surface area contributed by atoms with Gasteiger partial charge < -0.3 is 15.9 Å². The molecule has 1 amide bonds. The molecule has 3 N–H and O–H groups in total. The molecule has 0 atom stereocenters. The van der Waals surface area contributed by atoms with Gasteiger partial charge in [-0.25, -0.2) is 4.98 Å². The molecule has 0 aromatic carbocycles. The highest BCUT2D eigenvalue weighted by Gasteiger charge is 2.01. The summed E-state index contributed by atoms with van der Waals surface area (Å²) in [7, 11) is 1.35. The smallest absolute Gasteiger partial charge is 0.271 e. The number of oxime groups is 1. The summed E-state index contributed by atoms with van der Waals surface area (Å²) in [4.78, 5) is 19.1. The van der Waals surface area contributed by atoms with Crippen molar-refractivity contribution >= 4 is 34.4 Å². The normalized spacial score (nSPS) is 10.2. The standard InChI is InChI=1S/C6H8N4O2S/c1-12-8-2-5(11)9-4-3-13-6(7)10-4/h2-3H,1H3,(H2,7,10)(H,9,11)/b8-2-. The molecular formula is C6H8N4O2S. The Bertz CT molecular complexity index is 322. The van der Waals surface area contributed by atoms with Crippen LogP contribution >= 0.6 is 11.3 Å². The number of carbonyl (C=O) groups is 1. The van der Waals surface area contributed by atoms with Gasteiger partial charge in [0.1, 0.15) is 19.1 Å². The van der Waals surface area contributed by atoms with Gasteiger partial charge in [0.2, 0.25) is 0 Å². The van der Waals surface area contributed by atoms with E-state index in [1.165, 1.54) is 18.4 Å². The van der Waals surface area contributed by atoms with Crippen LogP contribution in [0, 0.1) is 0 Å². The van der Waals surface area contributed by atoms with Crippen LogP contribution in [0.15, 0.2) is 10.5 Å². The van der Waals surface area contributed by atoms with E-state index in [2.05, 4.69) is 20.3 Å². The Morgan fingerprint density at radius 1 is 1.92 bits per heavy atom. The lowest BCUT2D eigenvalue weighted by Crippen LogP contribution is -2.12. The van der Waals surface area contributed by atoms with E-state index in [0.717, 1.165) is 6.21 Å². The number of carbonyl (C=O) groups excluding carboxylic acids is 1. The van der Waals surface area contributed by atoms with Gasteiger partial charge in [-0.1, -0.05) is 5.16 Å². The number of anilines is 2. The van der Waals surface area contributed by atoms with Crippen LogP contribution in [-0.2, 0) is 9.63 Å². The van der Waals surface area contributed by atoms with Crippen molar-refractivity contribution in [3.05, 3.63) is 5.38 Å². The number of aromatic nitrogens is 1. The maximum atomic E-state index is 11.0. The molecule has 1 rings (SSSR count). The molecule has 0 aliphatic rings. The van der Waals surface area contributed by atoms with Gasteiger partial charge in [0.25, 0.3) is 5.91 Å². The molecule has 6 nitrogen and oxygen atoms in total. The number of nitrogens with zero attached hydrogens (tertiary/aromatic N) is 2. The molecule has 0 bridgehead atoms. The third-order valence-electron chi connectivity index (χ3n) is 1.05. The SMILES string of the molecule is CO/N=C\C(=O)Nc1csc(N)n1. The van der Waals surface area contributed by atoms with E-state index in [1.54, 1.807) is 5.38 Å². The van der Waals surface area contributed by atoms with Crippen molar-refractivity contribution in [1.82, 2.24) is 4.98 Å². The molecule has 0 saturated heterocycles. The van der Waals surface area contributed by atoms with Crippen molar-refractivity contribution < 1.29 is 9.63 Å². The van der Waals surface area contributed by atoms with Crippen LogP contribution in [0.5, 0.6) is 0 Å². The van der Waals surface area contributed by atoms with Crippen molar-refractivity contribution in [3.8, 4) is 0 Å². The summed E-state index contributed by atoms with van der Waals surface area (Å²) in [6, 6.07) is 0. The summed E-state index contributed by atoms with van der Waals surface area (Å²) in [5.41, 5.74) is 5.35. The molecule has 1 aromatic heterocycles. The zero-order valence-electron chi connectivity index (χ0n) is 6.85. The fourth-order valence-corrected chi connectivity index (χ4v) is 1.10. The minimum absolute atomic E-state index is 0.402. The third kappa shape index (κ3) is 3.08. The van der Waals surface area contributed by atoms with E-state index in [9.17, 15) is 4.79 Å². The van der Waals surface area contributed by atoms with Crippen LogP contribution < -0.4 is 11.1 Å². The lowest BCUT2D eigenvalue weighted by atomic mass is 10.6. The number of rotatable bonds is 3. The Kier molecular flexibility index (Phi) is 3.21. The monoisotopic (exact) mass is 200 g/mol. The maximum absolute atomic E-state index is 11.0. The van der Waals surface area contributed by atoms with Crippen molar-refractivity contribution in [2.75, 3.05) is 18.2 Å². The van der Waals surface area contributed by atoms with E-state index < -0.39 is 5.91 Å². The third-order valence-corrected chi connectivity index (χ3v) is 1.72. The van der Waals surface area contributed by atoms with Gasteiger partial charge in [0, 0.05) is 5.38 Å². The van der Waals surface area contributed by atoms with Crippen LogP contribution in [0.1, 0.15) is 0 Å². The van der Waals surface area contributed by atoms with Crippen LogP contribution in [0.3, 0.4) is 0 Å². The molecule has 13 heavy (non-hydrogen) atoms. The zero-order valence-corrected chi connectivity index (χ0v) is 7.67. The molecule has 70 valence electrons. The van der Waals surface area contributed by atoms with Crippen LogP contribution in [0.2, 0.25) is 0 Å².